The van der Waals surface area contributed by atoms with Crippen molar-refractivity contribution in [2.75, 3.05) is 6.54 Å². The Kier molecular flexibility index (Phi) is 8.76. The Bertz CT molecular complexity index is 462. The van der Waals surface area contributed by atoms with Crippen LogP contribution in [0.1, 0.15) is 75.2 Å². The lowest BCUT2D eigenvalue weighted by molar-refractivity contribution is -0.159. The average Bonchev–Trinajstić information content (AvgIpc) is 2.31. The van der Waals surface area contributed by atoms with Gasteiger partial charge in [0.1, 0.15) is 22.8 Å². The maximum absolute atomic E-state index is 12.4. The highest BCUT2D eigenvalue weighted by atomic mass is 16.6. The summed E-state index contributed by atoms with van der Waals surface area (Å²) in [4.78, 5) is 36.1. The minimum absolute atomic E-state index is 0.0303. The van der Waals surface area contributed by atoms with Crippen LogP contribution in [0.2, 0.25) is 0 Å². The zero-order chi connectivity index (χ0) is 20.8. The Morgan fingerprint density at radius 3 is 1.58 bits per heavy atom. The second-order valence-corrected chi connectivity index (χ2v) is 9.18. The van der Waals surface area contributed by atoms with Gasteiger partial charge in [-0.1, -0.05) is 0 Å². The quantitative estimate of drug-likeness (QED) is 0.542. The van der Waals surface area contributed by atoms with Crippen LogP contribution in [-0.4, -0.2) is 47.3 Å². The van der Waals surface area contributed by atoms with Gasteiger partial charge in [-0.05, 0) is 68.7 Å². The van der Waals surface area contributed by atoms with Crippen LogP contribution in [0.3, 0.4) is 0 Å². The third kappa shape index (κ3) is 13.6. The van der Waals surface area contributed by atoms with E-state index >= 15 is 0 Å². The fourth-order valence-electron chi connectivity index (χ4n) is 1.92. The average molecular weight is 373 g/mol. The van der Waals surface area contributed by atoms with Gasteiger partial charge >= 0.3 is 17.9 Å². The highest BCUT2D eigenvalue weighted by molar-refractivity contribution is 5.79. The van der Waals surface area contributed by atoms with E-state index in [4.69, 9.17) is 14.2 Å². The summed E-state index contributed by atoms with van der Waals surface area (Å²) in [5, 5.41) is 2.83. The highest BCUT2D eigenvalue weighted by Gasteiger charge is 2.28. The van der Waals surface area contributed by atoms with Crippen molar-refractivity contribution in [3.8, 4) is 0 Å². The molecule has 0 radical (unpaired) electrons. The molecule has 26 heavy (non-hydrogen) atoms. The summed E-state index contributed by atoms with van der Waals surface area (Å²) in [6, 6.07) is -0.811. The number of rotatable bonds is 7. The maximum atomic E-state index is 12.4. The van der Waals surface area contributed by atoms with E-state index in [-0.39, 0.29) is 19.4 Å². The zero-order valence-electron chi connectivity index (χ0n) is 17.6. The lowest BCUT2D eigenvalue weighted by Crippen LogP contribution is -2.44. The van der Waals surface area contributed by atoms with E-state index in [1.165, 1.54) is 0 Å². The molecular weight excluding hydrogens is 338 g/mol. The number of hydrogen-bond acceptors (Lipinski definition) is 7. The molecule has 7 nitrogen and oxygen atoms in total. The molecule has 0 aromatic heterocycles. The zero-order valence-corrected chi connectivity index (χ0v) is 17.6. The Morgan fingerprint density at radius 1 is 0.731 bits per heavy atom. The van der Waals surface area contributed by atoms with Gasteiger partial charge in [-0.15, -0.1) is 0 Å². The highest BCUT2D eigenvalue weighted by Crippen LogP contribution is 2.14. The second-order valence-electron chi connectivity index (χ2n) is 9.18. The van der Waals surface area contributed by atoms with Crippen LogP contribution in [0.5, 0.6) is 0 Å². The van der Waals surface area contributed by atoms with E-state index < -0.39 is 40.8 Å². The molecule has 0 aromatic carbocycles. The Morgan fingerprint density at radius 2 is 1.15 bits per heavy atom. The van der Waals surface area contributed by atoms with E-state index in [1.54, 1.807) is 62.3 Å². The van der Waals surface area contributed by atoms with Gasteiger partial charge in [-0.3, -0.25) is 19.7 Å². The molecule has 0 aliphatic carbocycles. The number of carbonyl (C=O) groups excluding carboxylic acids is 3. The normalized spacial score (nSPS) is 13.7. The van der Waals surface area contributed by atoms with Crippen molar-refractivity contribution in [3.63, 3.8) is 0 Å². The monoisotopic (exact) mass is 373 g/mol. The lowest BCUT2D eigenvalue weighted by Gasteiger charge is -2.25. The number of esters is 3. The first-order chi connectivity index (χ1) is 11.5. The van der Waals surface area contributed by atoms with Gasteiger partial charge in [0.2, 0.25) is 0 Å². The lowest BCUT2D eigenvalue weighted by atomic mass is 10.1. The SMILES string of the molecule is CC(C)(C)OC(=O)CC[C@H](NCC(=O)OC(C)(C)C)C(=O)OC(C)(C)C. The first-order valence-electron chi connectivity index (χ1n) is 8.88. The molecule has 0 aromatic rings. The van der Waals surface area contributed by atoms with Crippen LogP contribution in [0.25, 0.3) is 0 Å². The van der Waals surface area contributed by atoms with Gasteiger partial charge in [0, 0.05) is 6.42 Å². The summed E-state index contributed by atoms with van der Waals surface area (Å²) in [5.41, 5.74) is -1.88. The standard InChI is InChI=1S/C19H35NO6/c1-17(2,3)24-14(21)11-10-13(16(23)26-19(7,8)9)20-12-15(22)25-18(4,5)6/h13,20H,10-12H2,1-9H3/t13-/m0/s1. The molecule has 0 aliphatic rings. The van der Waals surface area contributed by atoms with E-state index in [0.29, 0.717) is 0 Å². The third-order valence-electron chi connectivity index (χ3n) is 2.66. The van der Waals surface area contributed by atoms with Gasteiger partial charge < -0.3 is 14.2 Å². The van der Waals surface area contributed by atoms with Gasteiger partial charge in [0.25, 0.3) is 0 Å². The minimum Gasteiger partial charge on any atom is -0.460 e. The van der Waals surface area contributed by atoms with Gasteiger partial charge in [-0.25, -0.2) is 0 Å². The number of ether oxygens (including phenoxy) is 3. The summed E-state index contributed by atoms with van der Waals surface area (Å²) in [6.07, 6.45) is 0.190. The maximum Gasteiger partial charge on any atom is 0.323 e. The Labute approximate surface area is 157 Å². The fraction of sp³-hybridized carbons (Fsp3) is 0.842. The molecule has 0 fully saturated rings. The van der Waals surface area contributed by atoms with Crippen molar-refractivity contribution >= 4 is 17.9 Å². The van der Waals surface area contributed by atoms with Crippen LogP contribution >= 0.6 is 0 Å². The van der Waals surface area contributed by atoms with E-state index in [2.05, 4.69) is 5.32 Å². The van der Waals surface area contributed by atoms with E-state index in [1.807, 2.05) is 0 Å². The van der Waals surface area contributed by atoms with Gasteiger partial charge in [-0.2, -0.15) is 0 Å². The third-order valence-corrected chi connectivity index (χ3v) is 2.66. The molecule has 0 rings (SSSR count). The topological polar surface area (TPSA) is 90.9 Å². The van der Waals surface area contributed by atoms with Crippen LogP contribution in [0.15, 0.2) is 0 Å². The van der Waals surface area contributed by atoms with Gasteiger partial charge in [0.05, 0.1) is 6.54 Å². The number of carbonyl (C=O) groups is 3. The van der Waals surface area contributed by atoms with Crippen molar-refractivity contribution in [3.05, 3.63) is 0 Å². The Hall–Kier alpha value is -1.63. The predicted octanol–water partition coefficient (Wildman–Crippen LogP) is 2.75. The number of hydrogen-bond donors (Lipinski definition) is 1. The Balaban J connectivity index is 4.83. The summed E-state index contributed by atoms with van der Waals surface area (Å²) >= 11 is 0. The van der Waals surface area contributed by atoms with E-state index in [9.17, 15) is 14.4 Å². The van der Waals surface area contributed by atoms with Crippen LogP contribution in [0.4, 0.5) is 0 Å². The molecule has 0 bridgehead atoms. The molecule has 0 amide bonds. The molecule has 7 heteroatoms. The fourth-order valence-corrected chi connectivity index (χ4v) is 1.92. The van der Waals surface area contributed by atoms with Crippen molar-refractivity contribution in [2.45, 2.75) is 98.0 Å². The molecule has 0 heterocycles. The first-order valence-corrected chi connectivity index (χ1v) is 8.88. The summed E-state index contributed by atoms with van der Waals surface area (Å²) < 4.78 is 15.8. The molecule has 0 saturated carbocycles. The van der Waals surface area contributed by atoms with Crippen molar-refractivity contribution < 1.29 is 28.6 Å². The predicted molar refractivity (Wildman–Crippen MR) is 98.6 cm³/mol. The second kappa shape index (κ2) is 9.35. The molecule has 0 aliphatic heterocycles. The molecule has 0 spiro atoms. The summed E-state index contributed by atoms with van der Waals surface area (Å²) in [7, 11) is 0. The molecule has 1 atom stereocenters. The molecule has 152 valence electrons. The number of nitrogens with one attached hydrogen (secondary N) is 1. The molecule has 1 N–H and O–H groups in total. The van der Waals surface area contributed by atoms with Crippen LogP contribution in [-0.2, 0) is 28.6 Å². The summed E-state index contributed by atoms with van der Waals surface area (Å²) in [5.74, 6) is -1.42. The van der Waals surface area contributed by atoms with Crippen molar-refractivity contribution in [1.29, 1.82) is 0 Å². The minimum atomic E-state index is -0.811. The summed E-state index contributed by atoms with van der Waals surface area (Å²) in [6.45, 7) is 15.7. The van der Waals surface area contributed by atoms with Crippen molar-refractivity contribution in [1.82, 2.24) is 5.32 Å². The van der Waals surface area contributed by atoms with Crippen LogP contribution < -0.4 is 5.32 Å². The smallest absolute Gasteiger partial charge is 0.323 e. The molecule has 0 saturated heterocycles. The van der Waals surface area contributed by atoms with Crippen LogP contribution in [0, 0.1) is 0 Å². The molecular formula is C19H35NO6. The van der Waals surface area contributed by atoms with Gasteiger partial charge in [0.15, 0.2) is 0 Å². The largest absolute Gasteiger partial charge is 0.460 e. The van der Waals surface area contributed by atoms with E-state index in [0.717, 1.165) is 0 Å². The molecule has 0 unspecified atom stereocenters. The van der Waals surface area contributed by atoms with Crippen molar-refractivity contribution in [2.24, 2.45) is 0 Å². The first kappa shape index (κ1) is 24.4.